The SMILES string of the molecule is C.C.C[C@@H](NC(=O)c1nn(-c2ccccc2Cl)c(-c2ccc(Cl)cc2)c1OCC(=O)O)c1ccc(C(F)(F)F)cc1.[C-]#[N+]Cc1c(C(=O)N[C@H](C)c2ccc(C(F)(F)F)cc2)nn(-c2ccccc2Cl)c1-c1ccc(Cl)cc1. The molecule has 0 spiro atoms. The number of para-hydroxylation sites is 2. The van der Waals surface area contributed by atoms with Gasteiger partial charge >= 0.3 is 18.3 Å². The third-order valence-electron chi connectivity index (χ3n) is 11.4. The van der Waals surface area contributed by atoms with Crippen LogP contribution < -0.4 is 15.4 Å². The summed E-state index contributed by atoms with van der Waals surface area (Å²) in [5, 5.41) is 25.4. The lowest BCUT2D eigenvalue weighted by atomic mass is 10.0. The van der Waals surface area contributed by atoms with Crippen LogP contribution in [0, 0.1) is 6.57 Å². The summed E-state index contributed by atoms with van der Waals surface area (Å²) >= 11 is 25.0. The van der Waals surface area contributed by atoms with Crippen molar-refractivity contribution >= 4 is 64.2 Å². The largest absolute Gasteiger partial charge is 0.479 e. The van der Waals surface area contributed by atoms with Gasteiger partial charge in [-0.05, 0) is 97.8 Å². The Morgan fingerprint density at radius 1 is 0.603 bits per heavy atom. The number of benzene rings is 6. The van der Waals surface area contributed by atoms with Crippen LogP contribution >= 0.6 is 46.4 Å². The summed E-state index contributed by atoms with van der Waals surface area (Å²) in [6, 6.07) is 34.6. The number of carbonyl (C=O) groups excluding carboxylic acids is 2. The van der Waals surface area contributed by atoms with E-state index in [1.807, 2.05) is 0 Å². The number of nitrogens with one attached hydrogen (secondary N) is 2. The Morgan fingerprint density at radius 3 is 1.38 bits per heavy atom. The van der Waals surface area contributed by atoms with Gasteiger partial charge in [0, 0.05) is 21.2 Å². The van der Waals surface area contributed by atoms with E-state index < -0.39 is 60.0 Å². The number of carboxylic acids is 1. The lowest BCUT2D eigenvalue weighted by Gasteiger charge is -2.15. The summed E-state index contributed by atoms with van der Waals surface area (Å²) in [5.74, 6) is -2.74. The summed E-state index contributed by atoms with van der Waals surface area (Å²) in [6.07, 6.45) is -8.95. The molecule has 0 aliphatic rings. The van der Waals surface area contributed by atoms with Crippen LogP contribution in [0.15, 0.2) is 146 Å². The topological polar surface area (TPSA) is 145 Å². The van der Waals surface area contributed by atoms with E-state index in [2.05, 4.69) is 25.7 Å². The van der Waals surface area contributed by atoms with Crippen LogP contribution in [0.3, 0.4) is 0 Å². The molecule has 2 heterocycles. The van der Waals surface area contributed by atoms with Gasteiger partial charge in [-0.2, -0.15) is 36.5 Å². The number of hydrogen-bond acceptors (Lipinski definition) is 6. The van der Waals surface area contributed by atoms with Crippen molar-refractivity contribution < 1.29 is 50.6 Å². The summed E-state index contributed by atoms with van der Waals surface area (Å²) in [7, 11) is 0. The molecule has 0 saturated carbocycles. The highest BCUT2D eigenvalue weighted by atomic mass is 35.5. The number of hydrogen-bond donors (Lipinski definition) is 3. The molecule has 3 N–H and O–H groups in total. The second-order valence-electron chi connectivity index (χ2n) is 16.6. The number of halogens is 10. The molecule has 0 aliphatic heterocycles. The Kier molecular flexibility index (Phi) is 20.4. The normalized spacial score (nSPS) is 11.8. The molecule has 2 atom stereocenters. The standard InChI is InChI=1S/C27H19Cl2F3N4O.C27H20Cl2F3N3O4.2CH4/c1-16(17-7-11-19(12-8-17)27(30,31)32)34-26(37)24-21(15-33-2)25(18-9-13-20(28)14-10-18)36(35-24)23-6-4-3-5-22(23)29;1-15(16-6-10-18(11-7-16)27(30,31)32)33-26(38)23-25(39-14-22(36)37)24(17-8-12-19(28)13-9-17)35(34-23)21-5-3-2-4-20(21)29;;/h3-14,16H,15H2,1H3,(H,34,37);2-13,15H,14H2,1H3,(H,33,38)(H,36,37);2*1H4/t16-;15-;;/m11../s1. The molecule has 12 nitrogen and oxygen atoms in total. The number of amides is 2. The number of ether oxygens (including phenoxy) is 1. The maximum Gasteiger partial charge on any atom is 0.416 e. The van der Waals surface area contributed by atoms with Gasteiger partial charge in [0.15, 0.2) is 23.7 Å². The first kappa shape index (κ1) is 61.0. The first-order valence-corrected chi connectivity index (χ1v) is 24.0. The van der Waals surface area contributed by atoms with E-state index >= 15 is 0 Å². The summed E-state index contributed by atoms with van der Waals surface area (Å²) in [5.41, 5.74) is 2.27. The van der Waals surface area contributed by atoms with Crippen LogP contribution in [-0.4, -0.2) is 49.1 Å². The maximum absolute atomic E-state index is 13.4. The molecule has 0 saturated heterocycles. The third kappa shape index (κ3) is 14.4. The molecule has 0 aliphatic carbocycles. The molecule has 78 heavy (non-hydrogen) atoms. The third-order valence-corrected chi connectivity index (χ3v) is 12.5. The first-order chi connectivity index (χ1) is 36.0. The highest BCUT2D eigenvalue weighted by molar-refractivity contribution is 6.33. The zero-order chi connectivity index (χ0) is 55.1. The number of aliphatic carboxylic acids is 1. The average Bonchev–Trinajstić information content (AvgIpc) is 3.98. The molecule has 8 aromatic rings. The highest BCUT2D eigenvalue weighted by Crippen LogP contribution is 2.39. The molecule has 2 amide bonds. The van der Waals surface area contributed by atoms with Crippen molar-refractivity contribution in [2.75, 3.05) is 6.61 Å². The van der Waals surface area contributed by atoms with Crippen molar-refractivity contribution in [2.45, 2.75) is 59.7 Å². The Hall–Kier alpha value is -7.82. The van der Waals surface area contributed by atoms with E-state index in [-0.39, 0.29) is 44.2 Å². The molecular weight excluding hydrogens is 1110 g/mol. The fraction of sp³-hybridized carbons (Fsp3) is 0.179. The number of aromatic nitrogens is 4. The fourth-order valence-electron chi connectivity index (χ4n) is 7.66. The second-order valence-corrected chi connectivity index (χ2v) is 18.3. The highest BCUT2D eigenvalue weighted by Gasteiger charge is 2.33. The number of carboxylic acid groups (broad SMARTS) is 1. The lowest BCUT2D eigenvalue weighted by molar-refractivity contribution is -0.139. The maximum atomic E-state index is 13.4. The zero-order valence-electron chi connectivity index (χ0n) is 39.5. The van der Waals surface area contributed by atoms with Gasteiger partial charge in [-0.15, -0.1) is 0 Å². The molecule has 6 aromatic carbocycles. The molecule has 2 aromatic heterocycles. The van der Waals surface area contributed by atoms with Crippen LogP contribution in [0.5, 0.6) is 5.75 Å². The van der Waals surface area contributed by atoms with Crippen LogP contribution in [0.2, 0.25) is 20.1 Å². The van der Waals surface area contributed by atoms with Gasteiger partial charge < -0.3 is 25.3 Å². The first-order valence-electron chi connectivity index (χ1n) is 22.5. The summed E-state index contributed by atoms with van der Waals surface area (Å²) < 4.78 is 86.0. The van der Waals surface area contributed by atoms with Gasteiger partial charge in [0.05, 0.1) is 55.9 Å². The minimum absolute atomic E-state index is 0. The predicted octanol–water partition coefficient (Wildman–Crippen LogP) is 15.9. The Bertz CT molecular complexity index is 3440. The van der Waals surface area contributed by atoms with Crippen molar-refractivity contribution in [3.63, 3.8) is 0 Å². The molecular formula is C56H47Cl4F6N7O5. The van der Waals surface area contributed by atoms with Crippen molar-refractivity contribution in [3.05, 3.63) is 216 Å². The average molecular weight is 1150 g/mol. The van der Waals surface area contributed by atoms with E-state index in [9.17, 15) is 45.8 Å². The number of nitrogens with zero attached hydrogens (tertiary/aromatic N) is 5. The summed E-state index contributed by atoms with van der Waals surface area (Å²) in [6.45, 7) is 9.82. The second kappa shape index (κ2) is 26.0. The smallest absolute Gasteiger partial charge is 0.416 e. The van der Waals surface area contributed by atoms with Crippen molar-refractivity contribution in [3.8, 4) is 39.6 Å². The Labute approximate surface area is 464 Å². The van der Waals surface area contributed by atoms with E-state index in [1.165, 1.54) is 33.6 Å². The molecule has 406 valence electrons. The molecule has 8 rings (SSSR count). The number of alkyl halides is 6. The van der Waals surface area contributed by atoms with Crippen LogP contribution in [0.4, 0.5) is 26.3 Å². The molecule has 22 heteroatoms. The monoisotopic (exact) mass is 1150 g/mol. The zero-order valence-corrected chi connectivity index (χ0v) is 42.5. The van der Waals surface area contributed by atoms with Crippen molar-refractivity contribution in [1.29, 1.82) is 0 Å². The van der Waals surface area contributed by atoms with Gasteiger partial charge in [0.2, 0.25) is 6.54 Å². The molecule has 0 radical (unpaired) electrons. The number of rotatable bonds is 14. The van der Waals surface area contributed by atoms with Crippen molar-refractivity contribution in [1.82, 2.24) is 30.2 Å². The van der Waals surface area contributed by atoms with E-state index in [4.69, 9.17) is 57.7 Å². The van der Waals surface area contributed by atoms with Crippen LogP contribution in [-0.2, 0) is 23.7 Å². The minimum atomic E-state index is -4.50. The van der Waals surface area contributed by atoms with Gasteiger partial charge in [0.25, 0.3) is 11.8 Å². The number of carbonyl (C=O) groups is 3. The quantitative estimate of drug-likeness (QED) is 0.0726. The molecule has 0 fully saturated rings. The molecule has 0 unspecified atom stereocenters. The van der Waals surface area contributed by atoms with Crippen LogP contribution in [0.25, 0.3) is 38.7 Å². The minimum Gasteiger partial charge on any atom is -0.479 e. The van der Waals surface area contributed by atoms with E-state index in [1.54, 1.807) is 111 Å². The Balaban J connectivity index is 0.000000281. The lowest BCUT2D eigenvalue weighted by Crippen LogP contribution is -2.28. The van der Waals surface area contributed by atoms with Crippen LogP contribution in [0.1, 0.15) is 89.6 Å². The molecule has 0 bridgehead atoms. The predicted molar refractivity (Wildman–Crippen MR) is 290 cm³/mol. The van der Waals surface area contributed by atoms with Gasteiger partial charge in [-0.3, -0.25) is 9.59 Å². The van der Waals surface area contributed by atoms with E-state index in [0.29, 0.717) is 65.0 Å². The van der Waals surface area contributed by atoms with Gasteiger partial charge in [-0.1, -0.05) is 134 Å². The van der Waals surface area contributed by atoms with E-state index in [0.717, 1.165) is 24.3 Å². The fourth-order valence-corrected chi connectivity index (χ4v) is 8.35. The van der Waals surface area contributed by atoms with Gasteiger partial charge in [0.1, 0.15) is 5.69 Å². The Morgan fingerprint density at radius 2 is 0.987 bits per heavy atom. The summed E-state index contributed by atoms with van der Waals surface area (Å²) in [4.78, 5) is 41.7. The van der Waals surface area contributed by atoms with Crippen molar-refractivity contribution in [2.24, 2.45) is 0 Å². The van der Waals surface area contributed by atoms with Gasteiger partial charge in [-0.25, -0.2) is 20.7 Å².